The highest BCUT2D eigenvalue weighted by Crippen LogP contribution is 2.43. The van der Waals surface area contributed by atoms with Gasteiger partial charge >= 0.3 is 19.8 Å². The van der Waals surface area contributed by atoms with E-state index in [0.717, 1.165) is 96.3 Å². The Balaban J connectivity index is 4.03. The number of phosphoric acid groups is 1. The fourth-order valence-corrected chi connectivity index (χ4v) is 8.59. The molecular weight excluding hydrogens is 930 g/mol. The molecule has 0 aliphatic carbocycles. The summed E-state index contributed by atoms with van der Waals surface area (Å²) in [6, 6.07) is 0. The Bertz CT molecular complexity index is 1560. The number of phosphoric ester groups is 1. The summed E-state index contributed by atoms with van der Waals surface area (Å²) in [6.07, 6.45) is 78.5. The summed E-state index contributed by atoms with van der Waals surface area (Å²) in [5.74, 6) is -0.842. The van der Waals surface area contributed by atoms with Crippen LogP contribution in [-0.4, -0.2) is 49.3 Å². The van der Waals surface area contributed by atoms with E-state index >= 15 is 0 Å². The van der Waals surface area contributed by atoms with Gasteiger partial charge in [-0.3, -0.25) is 18.6 Å². The number of carbonyl (C=O) groups is 2. The second-order valence-electron chi connectivity index (χ2n) is 19.1. The fourth-order valence-electron chi connectivity index (χ4n) is 7.82. The number of ether oxygens (including phenoxy) is 2. The molecule has 9 nitrogen and oxygen atoms in total. The first-order valence-corrected chi connectivity index (χ1v) is 30.9. The van der Waals surface area contributed by atoms with Crippen LogP contribution in [0.5, 0.6) is 0 Å². The minimum Gasteiger partial charge on any atom is -0.462 e. The first-order chi connectivity index (χ1) is 35.8. The largest absolute Gasteiger partial charge is 0.472 e. The highest BCUT2D eigenvalue weighted by atomic mass is 31.2. The predicted molar refractivity (Wildman–Crippen MR) is 311 cm³/mol. The number of carbonyl (C=O) groups excluding carboxylic acids is 2. The van der Waals surface area contributed by atoms with Crippen LogP contribution in [0.1, 0.15) is 245 Å². The van der Waals surface area contributed by atoms with Crippen LogP contribution < -0.4 is 5.73 Å². The summed E-state index contributed by atoms with van der Waals surface area (Å²) in [6.45, 7) is 3.62. The summed E-state index contributed by atoms with van der Waals surface area (Å²) in [7, 11) is -4.40. The Kier molecular flexibility index (Phi) is 55.3. The van der Waals surface area contributed by atoms with E-state index in [1.165, 1.54) is 116 Å². The lowest BCUT2D eigenvalue weighted by Crippen LogP contribution is -2.29. The lowest BCUT2D eigenvalue weighted by atomic mass is 10.1. The summed E-state index contributed by atoms with van der Waals surface area (Å²) in [4.78, 5) is 35.2. The molecule has 2 atom stereocenters. The van der Waals surface area contributed by atoms with Gasteiger partial charge in [-0.1, -0.05) is 239 Å². The zero-order chi connectivity index (χ0) is 53.1. The second-order valence-corrected chi connectivity index (χ2v) is 20.6. The summed E-state index contributed by atoms with van der Waals surface area (Å²) in [5, 5.41) is 0. The van der Waals surface area contributed by atoms with E-state index in [0.29, 0.717) is 6.42 Å². The Morgan fingerprint density at radius 3 is 1.14 bits per heavy atom. The third-order valence-electron chi connectivity index (χ3n) is 12.1. The summed E-state index contributed by atoms with van der Waals surface area (Å²) in [5.41, 5.74) is 5.38. The van der Waals surface area contributed by atoms with Gasteiger partial charge in [0.15, 0.2) is 6.10 Å². The Labute approximate surface area is 448 Å². The van der Waals surface area contributed by atoms with Gasteiger partial charge in [0.05, 0.1) is 13.2 Å². The quantitative estimate of drug-likeness (QED) is 0.0264. The Morgan fingerprint density at radius 2 is 0.753 bits per heavy atom. The van der Waals surface area contributed by atoms with Gasteiger partial charge in [-0.05, 0) is 103 Å². The molecule has 0 amide bonds. The molecule has 0 heterocycles. The average Bonchev–Trinajstić information content (AvgIpc) is 3.38. The van der Waals surface area contributed by atoms with Crippen molar-refractivity contribution < 1.29 is 37.6 Å². The predicted octanol–water partition coefficient (Wildman–Crippen LogP) is 18.6. The van der Waals surface area contributed by atoms with Crippen molar-refractivity contribution in [2.24, 2.45) is 5.73 Å². The summed E-state index contributed by atoms with van der Waals surface area (Å²) < 4.78 is 33.0. The maximum absolute atomic E-state index is 12.7. The molecule has 0 saturated heterocycles. The van der Waals surface area contributed by atoms with Crippen LogP contribution in [-0.2, 0) is 32.7 Å². The van der Waals surface area contributed by atoms with Gasteiger partial charge in [0.25, 0.3) is 0 Å². The van der Waals surface area contributed by atoms with Crippen molar-refractivity contribution >= 4 is 19.8 Å². The van der Waals surface area contributed by atoms with Crippen molar-refractivity contribution in [1.29, 1.82) is 0 Å². The number of unbranched alkanes of at least 4 members (excludes halogenated alkanes) is 23. The first-order valence-electron chi connectivity index (χ1n) is 29.4. The van der Waals surface area contributed by atoms with E-state index < -0.39 is 26.5 Å². The van der Waals surface area contributed by atoms with Crippen LogP contribution in [0.25, 0.3) is 0 Å². The van der Waals surface area contributed by atoms with Crippen molar-refractivity contribution in [3.63, 3.8) is 0 Å². The van der Waals surface area contributed by atoms with E-state index in [2.05, 4.69) is 123 Å². The van der Waals surface area contributed by atoms with E-state index in [1.807, 2.05) is 0 Å². The van der Waals surface area contributed by atoms with Crippen LogP contribution >= 0.6 is 7.82 Å². The van der Waals surface area contributed by atoms with Crippen molar-refractivity contribution in [2.45, 2.75) is 251 Å². The highest BCUT2D eigenvalue weighted by molar-refractivity contribution is 7.47. The monoisotopic (exact) mass is 1040 g/mol. The normalized spacial score (nSPS) is 13.9. The molecule has 0 radical (unpaired) electrons. The van der Waals surface area contributed by atoms with E-state index in [4.69, 9.17) is 24.3 Å². The molecule has 0 aromatic heterocycles. The van der Waals surface area contributed by atoms with Crippen molar-refractivity contribution in [3.8, 4) is 0 Å². The Morgan fingerprint density at radius 1 is 0.425 bits per heavy atom. The van der Waals surface area contributed by atoms with Gasteiger partial charge in [0.1, 0.15) is 6.61 Å². The molecule has 418 valence electrons. The molecule has 73 heavy (non-hydrogen) atoms. The molecular formula is C63H108NO8P. The molecule has 0 saturated carbocycles. The van der Waals surface area contributed by atoms with E-state index in [9.17, 15) is 19.0 Å². The number of nitrogens with two attached hydrogens (primary N) is 1. The van der Waals surface area contributed by atoms with Crippen LogP contribution in [0.2, 0.25) is 0 Å². The van der Waals surface area contributed by atoms with Gasteiger partial charge in [-0.2, -0.15) is 0 Å². The summed E-state index contributed by atoms with van der Waals surface area (Å²) >= 11 is 0. The molecule has 3 N–H and O–H groups in total. The lowest BCUT2D eigenvalue weighted by molar-refractivity contribution is -0.161. The number of rotatable bonds is 54. The van der Waals surface area contributed by atoms with Gasteiger partial charge in [-0.15, -0.1) is 0 Å². The molecule has 0 aliphatic heterocycles. The SMILES string of the molecule is CC/C=C\C/C=C\C/C=C\C/C=C\C/C=C\C/C=C\C/C=C\C/C=C\CCCCCCCCCCC(=O)OC(COC(=O)CCCCCCCCCCC/C=C\CCCCCCCC)COP(=O)(O)OCCN. The van der Waals surface area contributed by atoms with Crippen molar-refractivity contribution in [3.05, 3.63) is 109 Å². The number of hydrogen-bond donors (Lipinski definition) is 2. The van der Waals surface area contributed by atoms with Crippen molar-refractivity contribution in [1.82, 2.24) is 0 Å². The second kappa shape index (κ2) is 57.9. The van der Waals surface area contributed by atoms with Gasteiger partial charge in [-0.25, -0.2) is 4.57 Å². The fraction of sp³-hybridized carbons (Fsp3) is 0.683. The smallest absolute Gasteiger partial charge is 0.462 e. The standard InChI is InChI=1S/C63H108NO8P/c1-3-5-7-9-11-13-15-17-19-21-23-24-25-26-27-28-29-30-31-32-33-34-35-36-38-40-42-44-46-48-50-52-54-56-63(66)72-61(60-71-73(67,68)70-58-57-64)59-69-62(65)55-53-51-49-47-45-43-41-39-37-22-20-18-16-14-12-10-8-6-4-2/h5,7,11,13,17-20,23-24,26-27,29-30,32-33,35-36,61H,3-4,6,8-10,12,14-16,21-22,25,28,31,34,37-60,64H2,1-2H3,(H,67,68)/b7-5-,13-11-,19-17-,20-18-,24-23-,27-26-,30-29-,33-32-,36-35-. The van der Waals surface area contributed by atoms with Gasteiger partial charge in [0.2, 0.25) is 0 Å². The molecule has 0 bridgehead atoms. The molecule has 0 fully saturated rings. The maximum Gasteiger partial charge on any atom is 0.472 e. The molecule has 0 aliphatic rings. The van der Waals surface area contributed by atoms with Crippen LogP contribution in [0.15, 0.2) is 109 Å². The van der Waals surface area contributed by atoms with Crippen LogP contribution in [0.3, 0.4) is 0 Å². The molecule has 0 rings (SSSR count). The Hall–Kier alpha value is -3.33. The lowest BCUT2D eigenvalue weighted by Gasteiger charge is -2.19. The maximum atomic E-state index is 12.7. The zero-order valence-corrected chi connectivity index (χ0v) is 47.5. The van der Waals surface area contributed by atoms with E-state index in [-0.39, 0.29) is 38.6 Å². The molecule has 0 spiro atoms. The van der Waals surface area contributed by atoms with Crippen molar-refractivity contribution in [2.75, 3.05) is 26.4 Å². The molecule has 0 aromatic carbocycles. The molecule has 2 unspecified atom stereocenters. The minimum absolute atomic E-state index is 0.0469. The number of allylic oxidation sites excluding steroid dienone is 18. The van der Waals surface area contributed by atoms with Gasteiger partial charge in [0, 0.05) is 19.4 Å². The van der Waals surface area contributed by atoms with Gasteiger partial charge < -0.3 is 20.1 Å². The zero-order valence-electron chi connectivity index (χ0n) is 46.6. The number of esters is 2. The first kappa shape index (κ1) is 69.7. The topological polar surface area (TPSA) is 134 Å². The minimum atomic E-state index is -4.40. The highest BCUT2D eigenvalue weighted by Gasteiger charge is 2.26. The van der Waals surface area contributed by atoms with Crippen LogP contribution in [0.4, 0.5) is 0 Å². The molecule has 0 aromatic rings. The van der Waals surface area contributed by atoms with E-state index in [1.54, 1.807) is 0 Å². The third kappa shape index (κ3) is 57.8. The van der Waals surface area contributed by atoms with Crippen LogP contribution in [0, 0.1) is 0 Å². The average molecular weight is 1040 g/mol. The number of hydrogen-bond acceptors (Lipinski definition) is 8. The molecule has 10 heteroatoms. The third-order valence-corrected chi connectivity index (χ3v) is 13.1.